The maximum atomic E-state index is 10.2. The fourth-order valence-corrected chi connectivity index (χ4v) is 0.406. The van der Waals surface area contributed by atoms with Gasteiger partial charge in [-0.1, -0.05) is 0 Å². The quantitative estimate of drug-likeness (QED) is 0.481. The van der Waals surface area contributed by atoms with E-state index in [-0.39, 0.29) is 0 Å². The minimum Gasteiger partial charge on any atom is -0.393 e. The van der Waals surface area contributed by atoms with Gasteiger partial charge in [0.1, 0.15) is 0 Å². The Morgan fingerprint density at radius 3 is 2.00 bits per heavy atom. The maximum absolute atomic E-state index is 10.2. The summed E-state index contributed by atoms with van der Waals surface area (Å²) in [4.78, 5) is 0. The van der Waals surface area contributed by atoms with E-state index >= 15 is 0 Å². The Kier molecular flexibility index (Phi) is 2.39. The Morgan fingerprint density at radius 2 is 2.00 bits per heavy atom. The summed E-state index contributed by atoms with van der Waals surface area (Å²) in [5.41, 5.74) is -1.62. The summed E-state index contributed by atoms with van der Waals surface area (Å²) in [5.74, 6) is 0. The number of rotatable bonds is 2. The second kappa shape index (κ2) is 2.43. The first kappa shape index (κ1) is 7.87. The molecule has 0 radical (unpaired) electrons. The van der Waals surface area contributed by atoms with Gasteiger partial charge in [0.15, 0.2) is 15.3 Å². The minimum atomic E-state index is -3.45. The lowest BCUT2D eigenvalue weighted by molar-refractivity contribution is 0.152. The van der Waals surface area contributed by atoms with Crippen LogP contribution >= 0.6 is 0 Å². The maximum Gasteiger partial charge on any atom is 0.178 e. The van der Waals surface area contributed by atoms with Gasteiger partial charge in [-0.15, -0.1) is 0 Å². The molecule has 50 valence electrons. The molecule has 0 aromatic carbocycles. The van der Waals surface area contributed by atoms with Gasteiger partial charge in [0.25, 0.3) is 0 Å². The largest absolute Gasteiger partial charge is 0.393 e. The molecular weight excluding hydrogens is 132 g/mol. The van der Waals surface area contributed by atoms with Crippen molar-refractivity contribution in [3.05, 3.63) is 0 Å². The van der Waals surface area contributed by atoms with E-state index in [2.05, 4.69) is 0 Å². The molecular formula is C3H8O4S. The SMILES string of the molecule is CS(=O)(=O)C(O)CO. The molecule has 2 N–H and O–H groups in total. The number of hydrogen-bond acceptors (Lipinski definition) is 4. The van der Waals surface area contributed by atoms with Gasteiger partial charge in [0.05, 0.1) is 6.61 Å². The van der Waals surface area contributed by atoms with Gasteiger partial charge < -0.3 is 10.2 Å². The first-order valence-electron chi connectivity index (χ1n) is 1.96. The average Bonchev–Trinajstić information content (AvgIpc) is 1.62. The molecule has 0 fully saturated rings. The lowest BCUT2D eigenvalue weighted by Gasteiger charge is -2.00. The average molecular weight is 140 g/mol. The molecule has 8 heavy (non-hydrogen) atoms. The van der Waals surface area contributed by atoms with Crippen LogP contribution in [0.2, 0.25) is 0 Å². The third-order valence-corrected chi connectivity index (χ3v) is 1.79. The minimum absolute atomic E-state index is 0.737. The molecule has 0 amide bonds. The van der Waals surface area contributed by atoms with Crippen molar-refractivity contribution < 1.29 is 18.6 Å². The number of aliphatic hydroxyl groups excluding tert-OH is 2. The van der Waals surface area contributed by atoms with Gasteiger partial charge in [0.2, 0.25) is 0 Å². The highest BCUT2D eigenvalue weighted by Gasteiger charge is 2.13. The molecule has 5 heteroatoms. The zero-order valence-corrected chi connectivity index (χ0v) is 5.22. The summed E-state index contributed by atoms with van der Waals surface area (Å²) in [7, 11) is -3.45. The third kappa shape index (κ3) is 2.25. The first-order valence-corrected chi connectivity index (χ1v) is 3.91. The van der Waals surface area contributed by atoms with Crippen LogP contribution in [0.3, 0.4) is 0 Å². The van der Waals surface area contributed by atoms with Crippen molar-refractivity contribution in [2.24, 2.45) is 0 Å². The van der Waals surface area contributed by atoms with Crippen molar-refractivity contribution in [2.45, 2.75) is 5.44 Å². The van der Waals surface area contributed by atoms with Gasteiger partial charge >= 0.3 is 0 Å². The normalized spacial score (nSPS) is 15.9. The Morgan fingerprint density at radius 1 is 1.62 bits per heavy atom. The summed E-state index contributed by atoms with van der Waals surface area (Å²) in [6.45, 7) is -0.737. The summed E-state index contributed by atoms with van der Waals surface area (Å²) in [6.07, 6.45) is 0.855. The van der Waals surface area contributed by atoms with Crippen molar-refractivity contribution >= 4 is 9.84 Å². The second-order valence-electron chi connectivity index (χ2n) is 1.47. The van der Waals surface area contributed by atoms with Crippen LogP contribution in [0.25, 0.3) is 0 Å². The molecule has 0 saturated carbocycles. The molecule has 0 spiro atoms. The fraction of sp³-hybridized carbons (Fsp3) is 1.00. The first-order chi connectivity index (χ1) is 3.48. The monoisotopic (exact) mass is 140 g/mol. The number of hydrogen-bond donors (Lipinski definition) is 2. The molecule has 1 atom stereocenters. The third-order valence-electron chi connectivity index (χ3n) is 0.650. The molecule has 1 unspecified atom stereocenters. The van der Waals surface area contributed by atoms with Crippen molar-refractivity contribution in [3.8, 4) is 0 Å². The van der Waals surface area contributed by atoms with Gasteiger partial charge in [0, 0.05) is 6.26 Å². The molecule has 0 aliphatic rings. The molecule has 0 aliphatic carbocycles. The molecule has 0 saturated heterocycles. The lowest BCUT2D eigenvalue weighted by Crippen LogP contribution is -2.22. The molecule has 0 aromatic heterocycles. The highest BCUT2D eigenvalue weighted by molar-refractivity contribution is 7.91. The Balaban J connectivity index is 4.04. The highest BCUT2D eigenvalue weighted by Crippen LogP contribution is 1.90. The molecule has 0 aromatic rings. The van der Waals surface area contributed by atoms with Gasteiger partial charge in [-0.2, -0.15) is 0 Å². The molecule has 0 bridgehead atoms. The van der Waals surface area contributed by atoms with Crippen molar-refractivity contribution in [1.82, 2.24) is 0 Å². The van der Waals surface area contributed by atoms with Gasteiger partial charge in [-0.3, -0.25) is 0 Å². The van der Waals surface area contributed by atoms with E-state index in [9.17, 15) is 8.42 Å². The fourth-order valence-electron chi connectivity index (χ4n) is 0.135. The summed E-state index contributed by atoms with van der Waals surface area (Å²) in [6, 6.07) is 0. The van der Waals surface area contributed by atoms with Gasteiger partial charge in [-0.25, -0.2) is 8.42 Å². The van der Waals surface area contributed by atoms with Crippen molar-refractivity contribution in [2.75, 3.05) is 12.9 Å². The van der Waals surface area contributed by atoms with Crippen LogP contribution in [-0.4, -0.2) is 36.9 Å². The van der Waals surface area contributed by atoms with E-state index in [4.69, 9.17) is 10.2 Å². The zero-order valence-electron chi connectivity index (χ0n) is 4.40. The highest BCUT2D eigenvalue weighted by atomic mass is 32.2. The van der Waals surface area contributed by atoms with Crippen LogP contribution in [0.5, 0.6) is 0 Å². The number of aliphatic hydroxyl groups is 2. The van der Waals surface area contributed by atoms with Crippen LogP contribution < -0.4 is 0 Å². The summed E-state index contributed by atoms with van der Waals surface area (Å²) in [5, 5.41) is 16.4. The molecule has 0 aliphatic heterocycles. The van der Waals surface area contributed by atoms with Crippen LogP contribution in [0.1, 0.15) is 0 Å². The Labute approximate surface area is 47.7 Å². The van der Waals surface area contributed by atoms with Crippen LogP contribution in [0.15, 0.2) is 0 Å². The lowest BCUT2D eigenvalue weighted by atomic mass is 10.8. The van der Waals surface area contributed by atoms with Crippen LogP contribution in [0, 0.1) is 0 Å². The molecule has 0 rings (SSSR count). The Hall–Kier alpha value is -0.130. The van der Waals surface area contributed by atoms with E-state index < -0.39 is 21.9 Å². The van der Waals surface area contributed by atoms with E-state index in [1.807, 2.05) is 0 Å². The summed E-state index contributed by atoms with van der Waals surface area (Å²) >= 11 is 0. The predicted octanol–water partition coefficient (Wildman–Crippen LogP) is -1.66. The Bertz CT molecular complexity index is 147. The van der Waals surface area contributed by atoms with Gasteiger partial charge in [-0.05, 0) is 0 Å². The summed E-state index contributed by atoms with van der Waals surface area (Å²) < 4.78 is 20.3. The van der Waals surface area contributed by atoms with E-state index in [1.54, 1.807) is 0 Å². The molecule has 4 nitrogen and oxygen atoms in total. The van der Waals surface area contributed by atoms with Crippen LogP contribution in [0.4, 0.5) is 0 Å². The second-order valence-corrected chi connectivity index (χ2v) is 3.67. The standard InChI is InChI=1S/C3H8O4S/c1-8(6,7)3(5)2-4/h3-5H,2H2,1H3. The van der Waals surface area contributed by atoms with Crippen molar-refractivity contribution in [1.29, 1.82) is 0 Å². The van der Waals surface area contributed by atoms with E-state index in [0.29, 0.717) is 0 Å². The molecule has 0 heterocycles. The van der Waals surface area contributed by atoms with E-state index in [1.165, 1.54) is 0 Å². The zero-order chi connectivity index (χ0) is 6.78. The smallest absolute Gasteiger partial charge is 0.178 e. The topological polar surface area (TPSA) is 74.6 Å². The van der Waals surface area contributed by atoms with Crippen LogP contribution in [-0.2, 0) is 9.84 Å². The van der Waals surface area contributed by atoms with Crippen molar-refractivity contribution in [3.63, 3.8) is 0 Å². The van der Waals surface area contributed by atoms with E-state index in [0.717, 1.165) is 6.26 Å². The predicted molar refractivity (Wildman–Crippen MR) is 27.9 cm³/mol. The number of sulfone groups is 1.